The van der Waals surface area contributed by atoms with Gasteiger partial charge in [-0.2, -0.15) is 0 Å². The van der Waals surface area contributed by atoms with Gasteiger partial charge in [-0.25, -0.2) is 0 Å². The van der Waals surface area contributed by atoms with Gasteiger partial charge in [0, 0.05) is 22.1 Å². The summed E-state index contributed by atoms with van der Waals surface area (Å²) in [5, 5.41) is 3.50. The zero-order chi connectivity index (χ0) is 12.2. The van der Waals surface area contributed by atoms with Crippen molar-refractivity contribution in [3.05, 3.63) is 28.2 Å². The first-order valence-electron chi connectivity index (χ1n) is 5.86. The lowest BCUT2D eigenvalue weighted by molar-refractivity contribution is 0.0699. The third kappa shape index (κ3) is 1.58. The Hall–Kier alpha value is -1.03. The van der Waals surface area contributed by atoms with Crippen LogP contribution in [0.15, 0.2) is 22.7 Å². The van der Waals surface area contributed by atoms with Gasteiger partial charge in [-0.1, -0.05) is 29.8 Å². The summed E-state index contributed by atoms with van der Waals surface area (Å²) in [5.74, 6) is 0.154. The highest BCUT2D eigenvalue weighted by molar-refractivity contribution is 9.10. The molecule has 1 fully saturated rings. The number of carbonyl (C=O) groups excluding carboxylic acids is 1. The van der Waals surface area contributed by atoms with Gasteiger partial charge in [-0.05, 0) is 24.6 Å². The first-order valence-corrected chi connectivity index (χ1v) is 6.65. The van der Waals surface area contributed by atoms with E-state index in [1.54, 1.807) is 0 Å². The Morgan fingerprint density at radius 2 is 2.24 bits per heavy atom. The Morgan fingerprint density at radius 1 is 1.47 bits per heavy atom. The molecular formula is C13H15BrN2O. The summed E-state index contributed by atoms with van der Waals surface area (Å²) < 4.78 is 1.00. The maximum atomic E-state index is 12.4. The minimum atomic E-state index is 0.122. The van der Waals surface area contributed by atoms with E-state index in [0.717, 1.165) is 28.7 Å². The van der Waals surface area contributed by atoms with Crippen molar-refractivity contribution < 1.29 is 4.79 Å². The highest BCUT2D eigenvalue weighted by atomic mass is 79.9. The number of anilines is 1. The van der Waals surface area contributed by atoms with Crippen molar-refractivity contribution in [1.29, 1.82) is 0 Å². The summed E-state index contributed by atoms with van der Waals surface area (Å²) in [4.78, 5) is 14.3. The summed E-state index contributed by atoms with van der Waals surface area (Å²) in [5.41, 5.74) is 1.86. The highest BCUT2D eigenvalue weighted by Gasteiger charge is 2.46. The average Bonchev–Trinajstić information content (AvgIpc) is 2.55. The van der Waals surface area contributed by atoms with Gasteiger partial charge in [0.2, 0.25) is 0 Å². The van der Waals surface area contributed by atoms with E-state index in [1.165, 1.54) is 0 Å². The number of nitrogens with zero attached hydrogens (tertiary/aromatic N) is 1. The Morgan fingerprint density at radius 3 is 3.00 bits per heavy atom. The van der Waals surface area contributed by atoms with Crippen molar-refractivity contribution in [3.8, 4) is 0 Å². The highest BCUT2D eigenvalue weighted by Crippen LogP contribution is 2.41. The lowest BCUT2D eigenvalue weighted by atomic mass is 9.88. The van der Waals surface area contributed by atoms with E-state index in [-0.39, 0.29) is 17.5 Å². The van der Waals surface area contributed by atoms with Gasteiger partial charge in [-0.3, -0.25) is 4.79 Å². The van der Waals surface area contributed by atoms with Gasteiger partial charge in [0.25, 0.3) is 5.91 Å². The quantitative estimate of drug-likeness (QED) is 0.797. The minimum Gasteiger partial charge on any atom is -0.364 e. The molecule has 4 heteroatoms. The lowest BCUT2D eigenvalue weighted by Gasteiger charge is -2.38. The standard InChI is InChI=1S/C13H15BrN2O/c1-13(2)5-6-16-11(17)9-4-3-8(14)7-10(9)15-12(13)16/h3-4,7,12,15H,5-6H2,1-2H3. The van der Waals surface area contributed by atoms with E-state index in [0.29, 0.717) is 0 Å². The summed E-state index contributed by atoms with van der Waals surface area (Å²) >= 11 is 3.45. The average molecular weight is 295 g/mol. The molecule has 1 atom stereocenters. The fourth-order valence-corrected chi connectivity index (χ4v) is 3.07. The summed E-state index contributed by atoms with van der Waals surface area (Å²) in [7, 11) is 0. The third-order valence-electron chi connectivity index (χ3n) is 3.81. The van der Waals surface area contributed by atoms with Crippen LogP contribution in [0.5, 0.6) is 0 Å². The maximum Gasteiger partial charge on any atom is 0.257 e. The molecule has 3 nitrogen and oxygen atoms in total. The fraction of sp³-hybridized carbons (Fsp3) is 0.462. The Balaban J connectivity index is 2.08. The monoisotopic (exact) mass is 294 g/mol. The van der Waals surface area contributed by atoms with Gasteiger partial charge < -0.3 is 10.2 Å². The van der Waals surface area contributed by atoms with E-state index < -0.39 is 0 Å². The number of hydrogen-bond donors (Lipinski definition) is 1. The lowest BCUT2D eigenvalue weighted by Crippen LogP contribution is -2.49. The molecule has 3 rings (SSSR count). The van der Waals surface area contributed by atoms with Crippen LogP contribution in [0.1, 0.15) is 30.6 Å². The van der Waals surface area contributed by atoms with Crippen LogP contribution in [0.25, 0.3) is 0 Å². The molecule has 0 aliphatic carbocycles. The first-order chi connectivity index (χ1) is 7.99. The summed E-state index contributed by atoms with van der Waals surface area (Å²) in [6, 6.07) is 5.79. The van der Waals surface area contributed by atoms with Crippen LogP contribution >= 0.6 is 15.9 Å². The molecule has 1 N–H and O–H groups in total. The van der Waals surface area contributed by atoms with Gasteiger partial charge in [-0.15, -0.1) is 0 Å². The van der Waals surface area contributed by atoms with Crippen LogP contribution < -0.4 is 5.32 Å². The number of nitrogens with one attached hydrogen (secondary N) is 1. The molecule has 1 aromatic carbocycles. The van der Waals surface area contributed by atoms with Gasteiger partial charge in [0.15, 0.2) is 0 Å². The summed E-state index contributed by atoms with van der Waals surface area (Å²) in [6.45, 7) is 5.26. The molecule has 0 saturated carbocycles. The number of fused-ring (bicyclic) bond motifs is 2. The smallest absolute Gasteiger partial charge is 0.257 e. The SMILES string of the molecule is CC1(C)CCN2C(=O)c3ccc(Br)cc3NC21. The van der Waals surface area contributed by atoms with Gasteiger partial charge in [0.1, 0.15) is 6.17 Å². The molecule has 1 unspecified atom stereocenters. The van der Waals surface area contributed by atoms with E-state index in [2.05, 4.69) is 35.1 Å². The van der Waals surface area contributed by atoms with Crippen molar-refractivity contribution >= 4 is 27.5 Å². The minimum absolute atomic E-state index is 0.122. The molecule has 2 aliphatic rings. The van der Waals surface area contributed by atoms with Crippen molar-refractivity contribution in [3.63, 3.8) is 0 Å². The van der Waals surface area contributed by atoms with Crippen LogP contribution in [0, 0.1) is 5.41 Å². The molecular weight excluding hydrogens is 280 g/mol. The van der Waals surface area contributed by atoms with Crippen molar-refractivity contribution in [1.82, 2.24) is 4.90 Å². The van der Waals surface area contributed by atoms with Crippen LogP contribution in [0.2, 0.25) is 0 Å². The molecule has 0 bridgehead atoms. The van der Waals surface area contributed by atoms with E-state index in [4.69, 9.17) is 0 Å². The maximum absolute atomic E-state index is 12.4. The van der Waals surface area contributed by atoms with Crippen LogP contribution in [0.3, 0.4) is 0 Å². The molecule has 1 aromatic rings. The zero-order valence-electron chi connectivity index (χ0n) is 9.96. The van der Waals surface area contributed by atoms with Crippen LogP contribution in [0.4, 0.5) is 5.69 Å². The predicted octanol–water partition coefficient (Wildman–Crippen LogP) is 3.07. The molecule has 2 heterocycles. The van der Waals surface area contributed by atoms with Gasteiger partial charge >= 0.3 is 0 Å². The van der Waals surface area contributed by atoms with Crippen molar-refractivity contribution in [2.24, 2.45) is 5.41 Å². The number of rotatable bonds is 0. The Kier molecular flexibility index (Phi) is 2.27. The molecule has 0 aromatic heterocycles. The van der Waals surface area contributed by atoms with Gasteiger partial charge in [0.05, 0.1) is 5.56 Å². The second-order valence-electron chi connectivity index (χ2n) is 5.47. The Bertz CT molecular complexity index is 498. The fourth-order valence-electron chi connectivity index (χ4n) is 2.71. The first kappa shape index (κ1) is 11.1. The van der Waals surface area contributed by atoms with Crippen LogP contribution in [-0.2, 0) is 0 Å². The zero-order valence-corrected chi connectivity index (χ0v) is 11.5. The largest absolute Gasteiger partial charge is 0.364 e. The van der Waals surface area contributed by atoms with E-state index >= 15 is 0 Å². The number of hydrogen-bond acceptors (Lipinski definition) is 2. The van der Waals surface area contributed by atoms with E-state index in [1.807, 2.05) is 23.1 Å². The molecule has 0 radical (unpaired) electrons. The molecule has 0 spiro atoms. The normalized spacial score (nSPS) is 25.2. The van der Waals surface area contributed by atoms with Crippen LogP contribution in [-0.4, -0.2) is 23.5 Å². The summed E-state index contributed by atoms with van der Waals surface area (Å²) in [6.07, 6.45) is 1.17. The molecule has 90 valence electrons. The second-order valence-corrected chi connectivity index (χ2v) is 6.39. The topological polar surface area (TPSA) is 32.3 Å². The predicted molar refractivity (Wildman–Crippen MR) is 71.0 cm³/mol. The number of benzene rings is 1. The third-order valence-corrected chi connectivity index (χ3v) is 4.31. The molecule has 17 heavy (non-hydrogen) atoms. The van der Waals surface area contributed by atoms with Crippen molar-refractivity contribution in [2.75, 3.05) is 11.9 Å². The molecule has 1 saturated heterocycles. The van der Waals surface area contributed by atoms with Crippen molar-refractivity contribution in [2.45, 2.75) is 26.4 Å². The Labute approximate surface area is 109 Å². The number of halogens is 1. The second kappa shape index (κ2) is 3.48. The van der Waals surface area contributed by atoms with E-state index in [9.17, 15) is 4.79 Å². The molecule has 2 aliphatic heterocycles. The number of amides is 1. The molecule has 1 amide bonds. The number of carbonyl (C=O) groups is 1.